The maximum atomic E-state index is 12.8. The van der Waals surface area contributed by atoms with Gasteiger partial charge < -0.3 is 9.26 Å². The van der Waals surface area contributed by atoms with Crippen molar-refractivity contribution in [2.75, 3.05) is 5.32 Å². The molecule has 0 saturated heterocycles. The van der Waals surface area contributed by atoms with E-state index in [-0.39, 0.29) is 12.5 Å². The third kappa shape index (κ3) is 5.48. The summed E-state index contributed by atoms with van der Waals surface area (Å²) in [5.74, 6) is 1.56. The van der Waals surface area contributed by atoms with E-state index in [0.29, 0.717) is 39.5 Å². The average molecular weight is 465 g/mol. The molecule has 2 aromatic heterocycles. The maximum absolute atomic E-state index is 12.8. The molecule has 4 rings (SSSR count). The van der Waals surface area contributed by atoms with Gasteiger partial charge in [-0.3, -0.25) is 10.1 Å². The Morgan fingerprint density at radius 2 is 2.03 bits per heavy atom. The third-order valence-corrected chi connectivity index (χ3v) is 6.17. The highest BCUT2D eigenvalue weighted by molar-refractivity contribution is 8.00. The summed E-state index contributed by atoms with van der Waals surface area (Å²) in [5.41, 5.74) is 2.05. The van der Waals surface area contributed by atoms with Gasteiger partial charge >= 0.3 is 0 Å². The van der Waals surface area contributed by atoms with Gasteiger partial charge in [0.25, 0.3) is 5.91 Å². The van der Waals surface area contributed by atoms with Gasteiger partial charge in [0.05, 0.1) is 17.2 Å². The number of hydrogen-bond acceptors (Lipinski definition) is 10. The van der Waals surface area contributed by atoms with Crippen molar-refractivity contribution < 1.29 is 14.1 Å². The van der Waals surface area contributed by atoms with E-state index in [1.54, 1.807) is 43.3 Å². The number of aromatic nitrogens is 4. The van der Waals surface area contributed by atoms with Gasteiger partial charge in [0.15, 0.2) is 10.9 Å². The van der Waals surface area contributed by atoms with Gasteiger partial charge in [-0.25, -0.2) is 0 Å². The third-order valence-electron chi connectivity index (χ3n) is 4.13. The standard InChI is InChI=1S/C21H16N6O3S2/c1-13-23-18(27-30-13)11-29-17-5-3-2-4-16(17)19(28)24-20-25-26-21(32-20)31-12-15-8-6-14(10-22)7-9-15/h2-9H,11-12H2,1H3,(H,24,25,28). The van der Waals surface area contributed by atoms with Gasteiger partial charge in [0, 0.05) is 12.7 Å². The number of amides is 1. The highest BCUT2D eigenvalue weighted by Gasteiger charge is 2.16. The Hall–Kier alpha value is -3.75. The lowest BCUT2D eigenvalue weighted by Gasteiger charge is -2.09. The summed E-state index contributed by atoms with van der Waals surface area (Å²) in [4.78, 5) is 16.8. The molecule has 0 aliphatic rings. The number of anilines is 1. The largest absolute Gasteiger partial charge is 0.485 e. The number of nitrogens with zero attached hydrogens (tertiary/aromatic N) is 5. The lowest BCUT2D eigenvalue weighted by atomic mass is 10.2. The minimum absolute atomic E-state index is 0.0799. The first kappa shape index (κ1) is 21.5. The molecule has 32 heavy (non-hydrogen) atoms. The fourth-order valence-corrected chi connectivity index (χ4v) is 4.33. The van der Waals surface area contributed by atoms with Crippen molar-refractivity contribution in [3.8, 4) is 11.8 Å². The SMILES string of the molecule is Cc1nc(COc2ccccc2C(=O)Nc2nnc(SCc3ccc(C#N)cc3)s2)no1. The van der Waals surface area contributed by atoms with Crippen molar-refractivity contribution in [2.45, 2.75) is 23.6 Å². The van der Waals surface area contributed by atoms with Crippen molar-refractivity contribution in [1.82, 2.24) is 20.3 Å². The van der Waals surface area contributed by atoms with Crippen LogP contribution in [0.5, 0.6) is 5.75 Å². The normalized spacial score (nSPS) is 10.5. The number of aryl methyl sites for hydroxylation is 1. The number of ether oxygens (including phenoxy) is 1. The van der Waals surface area contributed by atoms with Crippen LogP contribution < -0.4 is 10.1 Å². The number of rotatable bonds is 8. The van der Waals surface area contributed by atoms with Crippen LogP contribution in [0.1, 0.15) is 33.2 Å². The van der Waals surface area contributed by atoms with Crippen molar-refractivity contribution in [1.29, 1.82) is 5.26 Å². The summed E-state index contributed by atoms with van der Waals surface area (Å²) in [6.07, 6.45) is 0. The summed E-state index contributed by atoms with van der Waals surface area (Å²) in [7, 11) is 0. The van der Waals surface area contributed by atoms with Crippen molar-refractivity contribution in [3.05, 3.63) is 76.9 Å². The molecule has 9 nitrogen and oxygen atoms in total. The molecular formula is C21H16N6O3S2. The molecule has 0 bridgehead atoms. The van der Waals surface area contributed by atoms with E-state index in [2.05, 4.69) is 31.7 Å². The Balaban J connectivity index is 1.36. The van der Waals surface area contributed by atoms with Crippen LogP contribution in [-0.2, 0) is 12.4 Å². The van der Waals surface area contributed by atoms with Gasteiger partial charge in [-0.1, -0.05) is 52.5 Å². The molecule has 0 atom stereocenters. The molecule has 0 fully saturated rings. The predicted octanol–water partition coefficient (Wildman–Crippen LogP) is 4.22. The molecule has 0 saturated carbocycles. The zero-order chi connectivity index (χ0) is 22.3. The number of carbonyl (C=O) groups is 1. The van der Waals surface area contributed by atoms with E-state index in [0.717, 1.165) is 9.90 Å². The molecule has 0 radical (unpaired) electrons. The quantitative estimate of drug-likeness (QED) is 0.301. The van der Waals surface area contributed by atoms with E-state index >= 15 is 0 Å². The molecule has 0 spiro atoms. The fraction of sp³-hybridized carbons (Fsp3) is 0.143. The minimum Gasteiger partial charge on any atom is -0.485 e. The first-order chi connectivity index (χ1) is 15.6. The van der Waals surface area contributed by atoms with Crippen LogP contribution in [0.4, 0.5) is 5.13 Å². The summed E-state index contributed by atoms with van der Waals surface area (Å²) in [6.45, 7) is 1.77. The number of hydrogen-bond donors (Lipinski definition) is 1. The second-order valence-electron chi connectivity index (χ2n) is 6.44. The highest BCUT2D eigenvalue weighted by Crippen LogP contribution is 2.29. The summed E-state index contributed by atoms with van der Waals surface area (Å²) in [5, 5.41) is 24.0. The second-order valence-corrected chi connectivity index (χ2v) is 8.64. The van der Waals surface area contributed by atoms with E-state index in [4.69, 9.17) is 14.5 Å². The lowest BCUT2D eigenvalue weighted by Crippen LogP contribution is -2.13. The maximum Gasteiger partial charge on any atom is 0.261 e. The van der Waals surface area contributed by atoms with Crippen LogP contribution in [0, 0.1) is 18.3 Å². The van der Waals surface area contributed by atoms with Crippen LogP contribution in [-0.4, -0.2) is 26.2 Å². The molecule has 0 aliphatic carbocycles. The minimum atomic E-state index is -0.357. The van der Waals surface area contributed by atoms with Gasteiger partial charge in [-0.2, -0.15) is 10.2 Å². The van der Waals surface area contributed by atoms with E-state index in [1.807, 2.05) is 12.1 Å². The lowest BCUT2D eigenvalue weighted by molar-refractivity contribution is 0.102. The molecule has 160 valence electrons. The Labute approximate surface area is 191 Å². The summed E-state index contributed by atoms with van der Waals surface area (Å²) in [6, 6.07) is 16.3. The molecular weight excluding hydrogens is 448 g/mol. The first-order valence-corrected chi connectivity index (χ1v) is 11.2. The van der Waals surface area contributed by atoms with Crippen molar-refractivity contribution >= 4 is 34.1 Å². The molecule has 2 aromatic carbocycles. The molecule has 2 heterocycles. The number of nitrogens with one attached hydrogen (secondary N) is 1. The molecule has 4 aromatic rings. The zero-order valence-electron chi connectivity index (χ0n) is 16.8. The highest BCUT2D eigenvalue weighted by atomic mass is 32.2. The molecule has 0 aliphatic heterocycles. The molecule has 1 N–H and O–H groups in total. The summed E-state index contributed by atoms with van der Waals surface area (Å²) < 4.78 is 11.3. The number of para-hydroxylation sites is 1. The van der Waals surface area contributed by atoms with Crippen LogP contribution in [0.3, 0.4) is 0 Å². The summed E-state index contributed by atoms with van der Waals surface area (Å²) >= 11 is 2.79. The molecule has 0 unspecified atom stereocenters. The smallest absolute Gasteiger partial charge is 0.261 e. The second kappa shape index (κ2) is 10.0. The number of nitriles is 1. The van der Waals surface area contributed by atoms with Crippen LogP contribution in [0.2, 0.25) is 0 Å². The van der Waals surface area contributed by atoms with E-state index in [1.165, 1.54) is 23.1 Å². The number of thioether (sulfide) groups is 1. The number of carbonyl (C=O) groups excluding carboxylic acids is 1. The predicted molar refractivity (Wildman–Crippen MR) is 118 cm³/mol. The molecule has 11 heteroatoms. The Morgan fingerprint density at radius 3 is 2.78 bits per heavy atom. The van der Waals surface area contributed by atoms with E-state index < -0.39 is 0 Å². The van der Waals surface area contributed by atoms with Crippen LogP contribution >= 0.6 is 23.1 Å². The average Bonchev–Trinajstić information content (AvgIpc) is 3.45. The fourth-order valence-electron chi connectivity index (χ4n) is 2.63. The zero-order valence-corrected chi connectivity index (χ0v) is 18.4. The Bertz CT molecular complexity index is 1260. The van der Waals surface area contributed by atoms with Crippen LogP contribution in [0.25, 0.3) is 0 Å². The van der Waals surface area contributed by atoms with Gasteiger partial charge in [0.2, 0.25) is 16.8 Å². The number of benzene rings is 2. The van der Waals surface area contributed by atoms with Gasteiger partial charge in [-0.15, -0.1) is 10.2 Å². The Morgan fingerprint density at radius 1 is 1.22 bits per heavy atom. The first-order valence-electron chi connectivity index (χ1n) is 9.38. The van der Waals surface area contributed by atoms with Crippen molar-refractivity contribution in [3.63, 3.8) is 0 Å². The van der Waals surface area contributed by atoms with E-state index in [9.17, 15) is 4.79 Å². The van der Waals surface area contributed by atoms with Crippen LogP contribution in [0.15, 0.2) is 57.4 Å². The molecule has 1 amide bonds. The Kier molecular flexibility index (Phi) is 6.74. The van der Waals surface area contributed by atoms with Gasteiger partial charge in [0.1, 0.15) is 5.75 Å². The van der Waals surface area contributed by atoms with Crippen molar-refractivity contribution in [2.24, 2.45) is 0 Å². The van der Waals surface area contributed by atoms with Gasteiger partial charge in [-0.05, 0) is 29.8 Å². The monoisotopic (exact) mass is 464 g/mol. The topological polar surface area (TPSA) is 127 Å².